The van der Waals surface area contributed by atoms with Gasteiger partial charge in [-0.1, -0.05) is 60.7 Å². The van der Waals surface area contributed by atoms with Gasteiger partial charge in [-0.3, -0.25) is 19.3 Å². The van der Waals surface area contributed by atoms with Crippen molar-refractivity contribution < 1.29 is 18.3 Å². The molecule has 3 aromatic rings. The van der Waals surface area contributed by atoms with Crippen LogP contribution in [0.3, 0.4) is 0 Å². The van der Waals surface area contributed by atoms with Crippen LogP contribution in [0, 0.1) is 0 Å². The average Bonchev–Trinajstić information content (AvgIpc) is 2.79. The van der Waals surface area contributed by atoms with Gasteiger partial charge >= 0.3 is 0 Å². The van der Waals surface area contributed by atoms with Crippen LogP contribution in [0.25, 0.3) is 0 Å². The Hall–Kier alpha value is -3.59. The third-order valence-corrected chi connectivity index (χ3v) is 6.64. The predicted molar refractivity (Wildman–Crippen MR) is 126 cm³/mol. The molecule has 172 valence electrons. The van der Waals surface area contributed by atoms with Crippen molar-refractivity contribution in [3.63, 3.8) is 0 Å². The largest absolute Gasteiger partial charge is 0.502 e. The second kappa shape index (κ2) is 9.11. The molecule has 1 aliphatic heterocycles. The zero-order valence-corrected chi connectivity index (χ0v) is 19.0. The fourth-order valence-corrected chi connectivity index (χ4v) is 4.74. The number of hydrogen-bond acceptors (Lipinski definition) is 6. The number of rotatable bonds is 7. The summed E-state index contributed by atoms with van der Waals surface area (Å²) in [5.41, 5.74) is 1.13. The molecule has 9 heteroatoms. The van der Waals surface area contributed by atoms with Gasteiger partial charge in [0.1, 0.15) is 16.5 Å². The van der Waals surface area contributed by atoms with Gasteiger partial charge in [-0.15, -0.1) is 0 Å². The van der Waals surface area contributed by atoms with Gasteiger partial charge in [-0.2, -0.15) is 0 Å². The lowest BCUT2D eigenvalue weighted by molar-refractivity contribution is 0.0680. The number of aromatic nitrogens is 1. The van der Waals surface area contributed by atoms with Crippen molar-refractivity contribution in [1.29, 1.82) is 0 Å². The highest BCUT2D eigenvalue weighted by molar-refractivity contribution is 7.90. The molecular formula is C24H25N3O5S. The number of benzene rings is 2. The number of hydrogen-bond donors (Lipinski definition) is 1. The monoisotopic (exact) mass is 467 g/mol. The summed E-state index contributed by atoms with van der Waals surface area (Å²) in [6, 6.07) is 20.3. The number of aromatic hydroxyl groups is 1. The molecule has 0 saturated heterocycles. The van der Waals surface area contributed by atoms with Gasteiger partial charge in [0.05, 0.1) is 11.8 Å². The highest BCUT2D eigenvalue weighted by Gasteiger charge is 2.36. The van der Waals surface area contributed by atoms with Crippen molar-refractivity contribution in [2.45, 2.75) is 12.5 Å². The van der Waals surface area contributed by atoms with E-state index in [9.17, 15) is 23.1 Å². The molecule has 0 aliphatic carbocycles. The van der Waals surface area contributed by atoms with Crippen LogP contribution < -0.4 is 10.4 Å². The molecule has 0 radical (unpaired) electrons. The van der Waals surface area contributed by atoms with Crippen LogP contribution in [0.4, 0.5) is 0 Å². The first-order valence-electron chi connectivity index (χ1n) is 10.5. The van der Waals surface area contributed by atoms with E-state index >= 15 is 0 Å². The normalized spacial score (nSPS) is 13.9. The first kappa shape index (κ1) is 22.6. The van der Waals surface area contributed by atoms with Gasteiger partial charge in [0.2, 0.25) is 5.43 Å². The van der Waals surface area contributed by atoms with Crippen LogP contribution in [-0.4, -0.2) is 54.2 Å². The molecule has 1 aromatic heterocycles. The standard InChI is InChI=1S/C24H25N3O5S/c1-33(31,32)16-8-14-25-17-27(26-15-13-20(28)23(29)22(26)24(25)30)21(18-9-4-2-5-10-18)19-11-6-3-7-12-19/h2-7,9-13,15,21,29H,8,14,16-17H2,1H3. The molecule has 1 amide bonds. The van der Waals surface area contributed by atoms with Crippen LogP contribution >= 0.6 is 0 Å². The summed E-state index contributed by atoms with van der Waals surface area (Å²) in [6.45, 7) is 0.313. The van der Waals surface area contributed by atoms with E-state index in [1.165, 1.54) is 21.8 Å². The van der Waals surface area contributed by atoms with E-state index in [1.54, 1.807) is 0 Å². The lowest BCUT2D eigenvalue weighted by atomic mass is 9.98. The van der Waals surface area contributed by atoms with E-state index < -0.39 is 26.9 Å². The number of sulfone groups is 1. The number of carbonyl (C=O) groups excluding carboxylic acids is 1. The maximum atomic E-state index is 13.2. The molecule has 0 bridgehead atoms. The zero-order valence-electron chi connectivity index (χ0n) is 18.2. The van der Waals surface area contributed by atoms with Gasteiger partial charge in [0.15, 0.2) is 11.4 Å². The molecule has 0 atom stereocenters. The Kier molecular flexibility index (Phi) is 6.24. The second-order valence-electron chi connectivity index (χ2n) is 8.08. The highest BCUT2D eigenvalue weighted by Crippen LogP contribution is 2.32. The predicted octanol–water partition coefficient (Wildman–Crippen LogP) is 2.13. The van der Waals surface area contributed by atoms with E-state index in [2.05, 4.69) is 0 Å². The molecule has 8 nitrogen and oxygen atoms in total. The summed E-state index contributed by atoms with van der Waals surface area (Å²) in [5.74, 6) is -1.21. The Morgan fingerprint density at radius 3 is 2.06 bits per heavy atom. The third-order valence-electron chi connectivity index (χ3n) is 5.61. The molecule has 2 aromatic carbocycles. The minimum absolute atomic E-state index is 0.0643. The minimum atomic E-state index is -3.19. The van der Waals surface area contributed by atoms with Gasteiger partial charge in [-0.25, -0.2) is 8.42 Å². The zero-order chi connectivity index (χ0) is 23.6. The number of fused-ring (bicyclic) bond motifs is 1. The molecule has 2 heterocycles. The van der Waals surface area contributed by atoms with Crippen molar-refractivity contribution in [2.24, 2.45) is 0 Å². The number of amides is 1. The molecule has 0 spiro atoms. The number of nitrogens with zero attached hydrogens (tertiary/aromatic N) is 3. The second-order valence-corrected chi connectivity index (χ2v) is 10.3. The van der Waals surface area contributed by atoms with Gasteiger partial charge in [-0.05, 0) is 17.5 Å². The fourth-order valence-electron chi connectivity index (χ4n) is 4.09. The van der Waals surface area contributed by atoms with Crippen LogP contribution in [0.15, 0.2) is 77.7 Å². The summed E-state index contributed by atoms with van der Waals surface area (Å²) in [4.78, 5) is 26.9. The Labute approximate surface area is 192 Å². The lowest BCUT2D eigenvalue weighted by Gasteiger charge is -2.44. The lowest BCUT2D eigenvalue weighted by Crippen LogP contribution is -2.55. The molecule has 1 N–H and O–H groups in total. The van der Waals surface area contributed by atoms with Crippen molar-refractivity contribution in [2.75, 3.05) is 30.2 Å². The van der Waals surface area contributed by atoms with Gasteiger partial charge in [0, 0.05) is 25.1 Å². The van der Waals surface area contributed by atoms with Crippen molar-refractivity contribution in [3.05, 3.63) is 100.0 Å². The molecule has 33 heavy (non-hydrogen) atoms. The number of pyridine rings is 1. The topological polar surface area (TPSA) is 99.9 Å². The SMILES string of the molecule is CS(=O)(=O)CCCN1CN(C(c2ccccc2)c2ccccc2)n2ccc(=O)c(O)c2C1=O. The summed E-state index contributed by atoms with van der Waals surface area (Å²) in [7, 11) is -3.19. The van der Waals surface area contributed by atoms with Crippen molar-refractivity contribution >= 4 is 15.7 Å². The average molecular weight is 468 g/mol. The quantitative estimate of drug-likeness (QED) is 0.572. The van der Waals surface area contributed by atoms with E-state index in [-0.39, 0.29) is 37.1 Å². The third kappa shape index (κ3) is 4.78. The first-order valence-corrected chi connectivity index (χ1v) is 12.6. The number of carbonyl (C=O) groups is 1. The Bertz CT molecular complexity index is 1270. The molecule has 0 unspecified atom stereocenters. The van der Waals surface area contributed by atoms with E-state index in [0.29, 0.717) is 0 Å². The Balaban J connectivity index is 1.83. The summed E-state index contributed by atoms with van der Waals surface area (Å²) in [6.07, 6.45) is 2.89. The summed E-state index contributed by atoms with van der Waals surface area (Å²) < 4.78 is 24.7. The highest BCUT2D eigenvalue weighted by atomic mass is 32.2. The maximum Gasteiger partial charge on any atom is 0.277 e. The minimum Gasteiger partial charge on any atom is -0.502 e. The van der Waals surface area contributed by atoms with Crippen LogP contribution in [0.5, 0.6) is 5.75 Å². The van der Waals surface area contributed by atoms with Gasteiger partial charge < -0.3 is 10.0 Å². The first-order chi connectivity index (χ1) is 15.8. The van der Waals surface area contributed by atoms with Crippen molar-refractivity contribution in [3.8, 4) is 5.75 Å². The van der Waals surface area contributed by atoms with E-state index in [4.69, 9.17) is 0 Å². The van der Waals surface area contributed by atoms with Gasteiger partial charge in [0.25, 0.3) is 5.91 Å². The van der Waals surface area contributed by atoms with Crippen LogP contribution in [-0.2, 0) is 9.84 Å². The molecule has 4 rings (SSSR count). The summed E-state index contributed by atoms with van der Waals surface area (Å²) >= 11 is 0. The van der Waals surface area contributed by atoms with Crippen LogP contribution in [0.2, 0.25) is 0 Å². The smallest absolute Gasteiger partial charge is 0.277 e. The Morgan fingerprint density at radius 1 is 0.939 bits per heavy atom. The van der Waals surface area contributed by atoms with E-state index in [1.807, 2.05) is 65.7 Å². The molecule has 1 aliphatic rings. The van der Waals surface area contributed by atoms with Crippen molar-refractivity contribution in [1.82, 2.24) is 9.58 Å². The molecule has 0 saturated carbocycles. The summed E-state index contributed by atoms with van der Waals surface area (Å²) in [5, 5.41) is 12.4. The fraction of sp³-hybridized carbons (Fsp3) is 0.250. The van der Waals surface area contributed by atoms with E-state index in [0.717, 1.165) is 17.4 Å². The molecular weight excluding hydrogens is 442 g/mol. The van der Waals surface area contributed by atoms with Crippen LogP contribution in [0.1, 0.15) is 34.1 Å². The Morgan fingerprint density at radius 2 is 1.52 bits per heavy atom. The molecule has 0 fully saturated rings. The maximum absolute atomic E-state index is 13.2.